The molecule has 0 fully saturated rings. The quantitative estimate of drug-likeness (QED) is 0.137. The molecule has 2 nitrogen and oxygen atoms in total. The van der Waals surface area contributed by atoms with Crippen LogP contribution in [-0.4, -0.2) is 9.97 Å². The highest BCUT2D eigenvalue weighted by atomic mass is 14.9. The van der Waals surface area contributed by atoms with E-state index in [9.17, 15) is 0 Å². The number of benzene rings is 11. The predicted molar refractivity (Wildman–Crippen MR) is 303 cm³/mol. The molecule has 13 rings (SSSR count). The van der Waals surface area contributed by atoms with Crippen LogP contribution >= 0.6 is 0 Å². The van der Waals surface area contributed by atoms with Crippen LogP contribution < -0.4 is 0 Å². The molecule has 73 heavy (non-hydrogen) atoms. The summed E-state index contributed by atoms with van der Waals surface area (Å²) in [6, 6.07) is 105. The zero-order valence-corrected chi connectivity index (χ0v) is 40.1. The lowest BCUT2D eigenvalue weighted by Gasteiger charge is -2.34. The lowest BCUT2D eigenvalue weighted by molar-refractivity contribution is 0.769. The standard InChI is InChI=1S/C71H48N2/c1-6-20-49(21-7-1)51-36-40-53(41-37-51)63-46-65-62-34-16-17-35-66(62)71(60-30-12-4-13-31-60,61-32-14-5-15-33-61)67(65)47-64(63)58-28-18-26-56(44-58)57-27-19-29-59(45-57)69-48-68(72-70(73-69)55-24-10-3-11-25-55)54-42-38-52(39-43-54)50-22-8-2-9-23-50/h1-48H. The molecule has 1 aliphatic rings. The van der Waals surface area contributed by atoms with Crippen LogP contribution in [0.15, 0.2) is 291 Å². The Morgan fingerprint density at radius 2 is 0.603 bits per heavy atom. The summed E-state index contributed by atoms with van der Waals surface area (Å²) in [6.07, 6.45) is 0. The van der Waals surface area contributed by atoms with E-state index in [1.165, 1.54) is 72.3 Å². The summed E-state index contributed by atoms with van der Waals surface area (Å²) in [5.41, 5.74) is 23.5. The molecule has 0 radical (unpaired) electrons. The van der Waals surface area contributed by atoms with Crippen LogP contribution in [0.1, 0.15) is 22.3 Å². The first-order valence-electron chi connectivity index (χ1n) is 25.0. The molecule has 0 bridgehead atoms. The number of aromatic nitrogens is 2. The Labute approximate surface area is 427 Å². The van der Waals surface area contributed by atoms with E-state index in [0.29, 0.717) is 5.82 Å². The first-order valence-corrected chi connectivity index (χ1v) is 25.0. The maximum atomic E-state index is 5.24. The highest BCUT2D eigenvalue weighted by Gasteiger charge is 2.46. The van der Waals surface area contributed by atoms with Crippen molar-refractivity contribution in [3.05, 3.63) is 313 Å². The molecule has 0 N–H and O–H groups in total. The van der Waals surface area contributed by atoms with Crippen molar-refractivity contribution in [2.24, 2.45) is 0 Å². The lowest BCUT2D eigenvalue weighted by Crippen LogP contribution is -2.28. The van der Waals surface area contributed by atoms with E-state index in [4.69, 9.17) is 9.97 Å². The third kappa shape index (κ3) is 7.96. The largest absolute Gasteiger partial charge is 0.228 e. The Hall–Kier alpha value is -9.50. The zero-order chi connectivity index (χ0) is 48.6. The van der Waals surface area contributed by atoms with Crippen molar-refractivity contribution < 1.29 is 0 Å². The van der Waals surface area contributed by atoms with Gasteiger partial charge in [0.15, 0.2) is 5.82 Å². The molecule has 11 aromatic carbocycles. The third-order valence-corrected chi connectivity index (χ3v) is 14.6. The van der Waals surface area contributed by atoms with Gasteiger partial charge in [0.05, 0.1) is 16.8 Å². The minimum Gasteiger partial charge on any atom is -0.228 e. The molecule has 0 aliphatic heterocycles. The van der Waals surface area contributed by atoms with Gasteiger partial charge in [-0.3, -0.25) is 0 Å². The van der Waals surface area contributed by atoms with Crippen molar-refractivity contribution in [1.29, 1.82) is 0 Å². The van der Waals surface area contributed by atoms with Gasteiger partial charge in [-0.05, 0) is 119 Å². The molecule has 0 saturated heterocycles. The van der Waals surface area contributed by atoms with Crippen molar-refractivity contribution in [3.63, 3.8) is 0 Å². The fourth-order valence-electron chi connectivity index (χ4n) is 11.1. The molecule has 0 amide bonds. The van der Waals surface area contributed by atoms with E-state index in [2.05, 4.69) is 273 Å². The molecule has 0 spiro atoms. The fourth-order valence-corrected chi connectivity index (χ4v) is 11.1. The zero-order valence-electron chi connectivity index (χ0n) is 40.1. The minimum atomic E-state index is -0.538. The second kappa shape index (κ2) is 18.7. The first kappa shape index (κ1) is 43.5. The summed E-state index contributed by atoms with van der Waals surface area (Å²) in [5, 5.41) is 0. The molecule has 1 aromatic heterocycles. The van der Waals surface area contributed by atoms with Gasteiger partial charge < -0.3 is 0 Å². The second-order valence-corrected chi connectivity index (χ2v) is 18.8. The highest BCUT2D eigenvalue weighted by molar-refractivity contribution is 5.96. The Balaban J connectivity index is 0.961. The molecule has 2 heteroatoms. The van der Waals surface area contributed by atoms with Gasteiger partial charge in [0.2, 0.25) is 0 Å². The Bertz CT molecular complexity index is 3870. The van der Waals surface area contributed by atoms with E-state index in [1.54, 1.807) is 0 Å². The van der Waals surface area contributed by atoms with Gasteiger partial charge >= 0.3 is 0 Å². The SMILES string of the molecule is c1ccc(-c2ccc(-c3cc(-c4cccc(-c5cccc(-c6cc7c(cc6-c6ccc(-c8ccccc8)cc6)-c6ccccc6C7(c6ccccc6)c6ccccc6)c5)c4)nc(-c4ccccc4)n3)cc2)cc1. The van der Waals surface area contributed by atoms with Gasteiger partial charge in [0.25, 0.3) is 0 Å². The van der Waals surface area contributed by atoms with Gasteiger partial charge in [0.1, 0.15) is 0 Å². The van der Waals surface area contributed by atoms with Crippen LogP contribution in [0.3, 0.4) is 0 Å². The van der Waals surface area contributed by atoms with Gasteiger partial charge in [-0.2, -0.15) is 0 Å². The molecular formula is C71H48N2. The summed E-state index contributed by atoms with van der Waals surface area (Å²) < 4.78 is 0. The van der Waals surface area contributed by atoms with Gasteiger partial charge in [-0.15, -0.1) is 0 Å². The van der Waals surface area contributed by atoms with Crippen molar-refractivity contribution in [1.82, 2.24) is 9.97 Å². The number of nitrogens with zero attached hydrogens (tertiary/aromatic N) is 2. The third-order valence-electron chi connectivity index (χ3n) is 14.6. The summed E-state index contributed by atoms with van der Waals surface area (Å²) in [7, 11) is 0. The highest BCUT2D eigenvalue weighted by Crippen LogP contribution is 2.58. The molecular weight excluding hydrogens is 881 g/mol. The number of rotatable bonds is 10. The summed E-state index contributed by atoms with van der Waals surface area (Å²) in [5.74, 6) is 0.692. The molecule has 342 valence electrons. The number of hydrogen-bond acceptors (Lipinski definition) is 2. The van der Waals surface area contributed by atoms with Crippen LogP contribution in [-0.2, 0) is 5.41 Å². The van der Waals surface area contributed by atoms with Gasteiger partial charge in [-0.25, -0.2) is 9.97 Å². The Morgan fingerprint density at radius 3 is 1.18 bits per heavy atom. The van der Waals surface area contributed by atoms with E-state index < -0.39 is 5.41 Å². The average Bonchev–Trinajstić information content (AvgIpc) is 3.80. The topological polar surface area (TPSA) is 25.8 Å². The smallest absolute Gasteiger partial charge is 0.160 e. The number of fused-ring (bicyclic) bond motifs is 3. The van der Waals surface area contributed by atoms with Crippen LogP contribution in [0.2, 0.25) is 0 Å². The summed E-state index contributed by atoms with van der Waals surface area (Å²) >= 11 is 0. The second-order valence-electron chi connectivity index (χ2n) is 18.8. The van der Waals surface area contributed by atoms with Crippen LogP contribution in [0.25, 0.3) is 101 Å². The van der Waals surface area contributed by atoms with Crippen LogP contribution in [0.4, 0.5) is 0 Å². The maximum absolute atomic E-state index is 5.24. The van der Waals surface area contributed by atoms with Crippen molar-refractivity contribution in [3.8, 4) is 101 Å². The van der Waals surface area contributed by atoms with Crippen molar-refractivity contribution in [2.75, 3.05) is 0 Å². The fraction of sp³-hybridized carbons (Fsp3) is 0.0141. The molecule has 0 atom stereocenters. The molecule has 0 unspecified atom stereocenters. The van der Waals surface area contributed by atoms with Crippen LogP contribution in [0.5, 0.6) is 0 Å². The number of hydrogen-bond donors (Lipinski definition) is 0. The van der Waals surface area contributed by atoms with Crippen molar-refractivity contribution >= 4 is 0 Å². The minimum absolute atomic E-state index is 0.538. The summed E-state index contributed by atoms with van der Waals surface area (Å²) in [6.45, 7) is 0. The summed E-state index contributed by atoms with van der Waals surface area (Å²) in [4.78, 5) is 10.4. The molecule has 12 aromatic rings. The van der Waals surface area contributed by atoms with Crippen molar-refractivity contribution in [2.45, 2.75) is 5.41 Å². The average molecular weight is 929 g/mol. The van der Waals surface area contributed by atoms with Crippen LogP contribution in [0, 0.1) is 0 Å². The monoisotopic (exact) mass is 928 g/mol. The van der Waals surface area contributed by atoms with E-state index >= 15 is 0 Å². The normalized spacial score (nSPS) is 12.2. The maximum Gasteiger partial charge on any atom is 0.160 e. The Morgan fingerprint density at radius 1 is 0.205 bits per heavy atom. The Kier molecular flexibility index (Phi) is 11.1. The first-order chi connectivity index (χ1) is 36.2. The van der Waals surface area contributed by atoms with Gasteiger partial charge in [0, 0.05) is 16.7 Å². The van der Waals surface area contributed by atoms with E-state index in [-0.39, 0.29) is 0 Å². The molecule has 1 heterocycles. The predicted octanol–water partition coefficient (Wildman–Crippen LogP) is 18.2. The van der Waals surface area contributed by atoms with E-state index in [1.807, 2.05) is 18.2 Å². The van der Waals surface area contributed by atoms with Gasteiger partial charge in [-0.1, -0.05) is 261 Å². The molecule has 1 aliphatic carbocycles. The lowest BCUT2D eigenvalue weighted by atomic mass is 9.67. The molecule has 0 saturated carbocycles. The van der Waals surface area contributed by atoms with E-state index in [0.717, 1.165) is 44.8 Å².